The van der Waals surface area contributed by atoms with Crippen LogP contribution in [-0.2, 0) is 0 Å². The van der Waals surface area contributed by atoms with Crippen molar-refractivity contribution in [3.8, 4) is 17.4 Å². The van der Waals surface area contributed by atoms with Crippen LogP contribution in [0.15, 0.2) is 18.2 Å². The van der Waals surface area contributed by atoms with Crippen LogP contribution in [0.2, 0.25) is 5.28 Å². The van der Waals surface area contributed by atoms with Gasteiger partial charge in [-0.3, -0.25) is 0 Å². The van der Waals surface area contributed by atoms with Crippen molar-refractivity contribution in [2.24, 2.45) is 0 Å². The van der Waals surface area contributed by atoms with Crippen LogP contribution in [0.25, 0.3) is 11.4 Å². The van der Waals surface area contributed by atoms with Crippen LogP contribution in [0.5, 0.6) is 6.01 Å². The average molecular weight is 286 g/mol. The first-order valence-electron chi connectivity index (χ1n) is 5.49. The minimum absolute atomic E-state index is 0.00581. The molecule has 0 aliphatic rings. The third-order valence-corrected chi connectivity index (χ3v) is 2.27. The summed E-state index contributed by atoms with van der Waals surface area (Å²) in [5.74, 6) is -1.47. The van der Waals surface area contributed by atoms with Crippen LogP contribution in [0.3, 0.4) is 0 Å². The molecule has 0 fully saturated rings. The number of hydrogen-bond acceptors (Lipinski definition) is 4. The van der Waals surface area contributed by atoms with Gasteiger partial charge in [-0.25, -0.2) is 8.78 Å². The highest BCUT2D eigenvalue weighted by atomic mass is 35.5. The molecular formula is C12H10ClF2N3O. The summed E-state index contributed by atoms with van der Waals surface area (Å²) >= 11 is 5.73. The molecular weight excluding hydrogens is 276 g/mol. The fraction of sp³-hybridized carbons (Fsp3) is 0.250. The zero-order valence-corrected chi connectivity index (χ0v) is 10.9. The number of ether oxygens (including phenoxy) is 1. The van der Waals surface area contributed by atoms with E-state index < -0.39 is 11.6 Å². The number of aromatic nitrogens is 3. The van der Waals surface area contributed by atoms with Crippen LogP contribution in [0.4, 0.5) is 8.78 Å². The number of rotatable bonds is 3. The second-order valence-electron chi connectivity index (χ2n) is 4.00. The summed E-state index contributed by atoms with van der Waals surface area (Å²) in [7, 11) is 0. The highest BCUT2D eigenvalue weighted by Crippen LogP contribution is 2.22. The van der Waals surface area contributed by atoms with Crippen molar-refractivity contribution in [3.63, 3.8) is 0 Å². The number of halogens is 3. The Morgan fingerprint density at radius 2 is 1.89 bits per heavy atom. The molecule has 0 bridgehead atoms. The molecule has 0 amide bonds. The molecule has 2 aromatic rings. The summed E-state index contributed by atoms with van der Waals surface area (Å²) in [5, 5.41) is -0.121. The highest BCUT2D eigenvalue weighted by molar-refractivity contribution is 6.28. The molecule has 7 heteroatoms. The van der Waals surface area contributed by atoms with E-state index in [1.165, 1.54) is 6.07 Å². The van der Waals surface area contributed by atoms with Crippen LogP contribution < -0.4 is 4.74 Å². The molecule has 0 saturated carbocycles. The van der Waals surface area contributed by atoms with Crippen molar-refractivity contribution in [1.82, 2.24) is 15.0 Å². The zero-order chi connectivity index (χ0) is 14.0. The summed E-state index contributed by atoms with van der Waals surface area (Å²) in [6, 6.07) is 3.08. The van der Waals surface area contributed by atoms with Gasteiger partial charge >= 0.3 is 6.01 Å². The van der Waals surface area contributed by atoms with Gasteiger partial charge in [0.15, 0.2) is 5.82 Å². The third-order valence-electron chi connectivity index (χ3n) is 2.10. The quantitative estimate of drug-likeness (QED) is 0.868. The van der Waals surface area contributed by atoms with E-state index in [0.717, 1.165) is 12.1 Å². The van der Waals surface area contributed by atoms with Crippen LogP contribution in [-0.4, -0.2) is 21.1 Å². The lowest BCUT2D eigenvalue weighted by atomic mass is 10.2. The van der Waals surface area contributed by atoms with E-state index in [-0.39, 0.29) is 28.8 Å². The molecule has 1 aromatic heterocycles. The predicted octanol–water partition coefficient (Wildman–Crippen LogP) is 3.26. The maximum Gasteiger partial charge on any atom is 0.321 e. The van der Waals surface area contributed by atoms with E-state index in [9.17, 15) is 8.78 Å². The van der Waals surface area contributed by atoms with Crippen LogP contribution in [0.1, 0.15) is 13.8 Å². The lowest BCUT2D eigenvalue weighted by molar-refractivity contribution is 0.222. The van der Waals surface area contributed by atoms with Crippen molar-refractivity contribution in [3.05, 3.63) is 35.1 Å². The maximum atomic E-state index is 13.6. The monoisotopic (exact) mass is 285 g/mol. The van der Waals surface area contributed by atoms with Crippen molar-refractivity contribution in [2.45, 2.75) is 20.0 Å². The van der Waals surface area contributed by atoms with Gasteiger partial charge in [-0.05, 0) is 37.6 Å². The Balaban J connectivity index is 2.46. The van der Waals surface area contributed by atoms with E-state index in [2.05, 4.69) is 15.0 Å². The lowest BCUT2D eigenvalue weighted by Crippen LogP contribution is -2.10. The Morgan fingerprint density at radius 1 is 1.16 bits per heavy atom. The fourth-order valence-electron chi connectivity index (χ4n) is 1.39. The molecule has 0 spiro atoms. The fourth-order valence-corrected chi connectivity index (χ4v) is 1.54. The predicted molar refractivity (Wildman–Crippen MR) is 66.0 cm³/mol. The number of hydrogen-bond donors (Lipinski definition) is 0. The zero-order valence-electron chi connectivity index (χ0n) is 10.2. The van der Waals surface area contributed by atoms with Gasteiger partial charge in [-0.1, -0.05) is 0 Å². The first-order valence-corrected chi connectivity index (χ1v) is 5.87. The van der Waals surface area contributed by atoms with Gasteiger partial charge in [-0.15, -0.1) is 0 Å². The molecule has 0 saturated heterocycles. The number of nitrogens with zero attached hydrogens (tertiary/aromatic N) is 3. The minimum atomic E-state index is -0.780. The van der Waals surface area contributed by atoms with Crippen molar-refractivity contribution < 1.29 is 13.5 Å². The first kappa shape index (κ1) is 13.6. The van der Waals surface area contributed by atoms with Gasteiger partial charge < -0.3 is 4.74 Å². The van der Waals surface area contributed by atoms with Crippen molar-refractivity contribution >= 4 is 11.6 Å². The van der Waals surface area contributed by atoms with Crippen LogP contribution in [0, 0.1) is 11.6 Å². The molecule has 2 rings (SSSR count). The van der Waals surface area contributed by atoms with Crippen molar-refractivity contribution in [2.75, 3.05) is 0 Å². The first-order chi connectivity index (χ1) is 8.95. The molecule has 0 N–H and O–H groups in total. The lowest BCUT2D eigenvalue weighted by Gasteiger charge is -2.09. The molecule has 1 aromatic carbocycles. The molecule has 0 aliphatic heterocycles. The van der Waals surface area contributed by atoms with Gasteiger partial charge in [0.2, 0.25) is 5.28 Å². The smallest absolute Gasteiger partial charge is 0.321 e. The topological polar surface area (TPSA) is 47.9 Å². The second kappa shape index (κ2) is 5.44. The standard InChI is InChI=1S/C12H10ClF2N3O/c1-6(2)19-12-17-10(16-11(13)18-12)8-4-3-7(14)5-9(8)15/h3-6H,1-2H3. The molecule has 4 nitrogen and oxygen atoms in total. The van der Waals surface area contributed by atoms with Gasteiger partial charge in [0.25, 0.3) is 0 Å². The molecule has 0 radical (unpaired) electrons. The summed E-state index contributed by atoms with van der Waals surface area (Å²) < 4.78 is 31.8. The SMILES string of the molecule is CC(C)Oc1nc(Cl)nc(-c2ccc(F)cc2F)n1. The molecule has 19 heavy (non-hydrogen) atoms. The van der Waals surface area contributed by atoms with E-state index in [1.54, 1.807) is 13.8 Å². The van der Waals surface area contributed by atoms with Gasteiger partial charge in [0.1, 0.15) is 11.6 Å². The Bertz CT molecular complexity index is 608. The van der Waals surface area contributed by atoms with E-state index in [4.69, 9.17) is 16.3 Å². The third kappa shape index (κ3) is 3.35. The van der Waals surface area contributed by atoms with Crippen molar-refractivity contribution in [1.29, 1.82) is 0 Å². The Labute approximate surface area is 113 Å². The molecule has 0 atom stereocenters. The molecule has 100 valence electrons. The van der Waals surface area contributed by atoms with E-state index >= 15 is 0 Å². The largest absolute Gasteiger partial charge is 0.461 e. The summed E-state index contributed by atoms with van der Waals surface area (Å²) in [5.41, 5.74) is 0.0271. The Kier molecular flexibility index (Phi) is 3.90. The molecule has 0 aliphatic carbocycles. The summed E-state index contributed by atoms with van der Waals surface area (Å²) in [6.07, 6.45) is -0.163. The molecule has 1 heterocycles. The second-order valence-corrected chi connectivity index (χ2v) is 4.34. The molecule has 0 unspecified atom stereocenters. The van der Waals surface area contributed by atoms with Gasteiger partial charge in [0.05, 0.1) is 11.7 Å². The van der Waals surface area contributed by atoms with Gasteiger partial charge in [-0.2, -0.15) is 15.0 Å². The number of benzene rings is 1. The Hall–Kier alpha value is -1.82. The van der Waals surface area contributed by atoms with E-state index in [1.807, 2.05) is 0 Å². The van der Waals surface area contributed by atoms with Crippen LogP contribution >= 0.6 is 11.6 Å². The highest BCUT2D eigenvalue weighted by Gasteiger charge is 2.13. The summed E-state index contributed by atoms with van der Waals surface area (Å²) in [6.45, 7) is 3.58. The minimum Gasteiger partial charge on any atom is -0.461 e. The average Bonchev–Trinajstić information content (AvgIpc) is 2.26. The maximum absolute atomic E-state index is 13.6. The van der Waals surface area contributed by atoms with E-state index in [0.29, 0.717) is 0 Å². The normalized spacial score (nSPS) is 10.8. The summed E-state index contributed by atoms with van der Waals surface area (Å²) in [4.78, 5) is 11.5. The Morgan fingerprint density at radius 3 is 2.53 bits per heavy atom. The van der Waals surface area contributed by atoms with Gasteiger partial charge in [0, 0.05) is 6.07 Å².